The molecule has 1 saturated heterocycles. The van der Waals surface area contributed by atoms with Gasteiger partial charge in [0, 0.05) is 36.8 Å². The normalized spacial score (nSPS) is 15.0. The van der Waals surface area contributed by atoms with Crippen LogP contribution in [0.2, 0.25) is 0 Å². The first-order valence-corrected chi connectivity index (χ1v) is 15.7. The number of imidazole rings is 1. The highest BCUT2D eigenvalue weighted by Gasteiger charge is 2.23. The lowest BCUT2D eigenvalue weighted by Crippen LogP contribution is -2.37. The van der Waals surface area contributed by atoms with E-state index in [1.165, 1.54) is 17.0 Å². The lowest BCUT2D eigenvalue weighted by molar-refractivity contribution is 0.230. The first kappa shape index (κ1) is 28.8. The minimum absolute atomic E-state index is 0.373. The van der Waals surface area contributed by atoms with Crippen LogP contribution in [0, 0.1) is 5.92 Å². The average molecular weight is 627 g/mol. The monoisotopic (exact) mass is 626 g/mol. The number of methoxy groups -OCH3 is 3. The van der Waals surface area contributed by atoms with Crippen LogP contribution in [0.15, 0.2) is 77.3 Å². The third kappa shape index (κ3) is 6.21. The SMILES string of the molecule is COc1ccc(COc2ccc(N3CCCC(COc4cc(OC)cc5oc(-c6cn7nc(OC)sc7n6)cc45)C3)cc2)cc1. The van der Waals surface area contributed by atoms with Gasteiger partial charge in [0.2, 0.25) is 4.96 Å². The Balaban J connectivity index is 1.00. The van der Waals surface area contributed by atoms with Crippen molar-refractivity contribution in [2.24, 2.45) is 5.92 Å². The number of fused-ring (bicyclic) bond motifs is 2. The molecular weight excluding hydrogens is 592 g/mol. The van der Waals surface area contributed by atoms with E-state index < -0.39 is 0 Å². The maximum Gasteiger partial charge on any atom is 0.294 e. The number of furan rings is 1. The summed E-state index contributed by atoms with van der Waals surface area (Å²) in [5.74, 6) is 4.11. The van der Waals surface area contributed by atoms with Crippen molar-refractivity contribution < 1.29 is 28.1 Å². The molecule has 0 spiro atoms. The van der Waals surface area contributed by atoms with Gasteiger partial charge < -0.3 is 33.0 Å². The molecule has 1 aliphatic heterocycles. The Kier molecular flexibility index (Phi) is 8.08. The van der Waals surface area contributed by atoms with Crippen molar-refractivity contribution >= 4 is 33.0 Å². The molecule has 1 fully saturated rings. The number of nitrogens with zero attached hydrogens (tertiary/aromatic N) is 4. The molecule has 232 valence electrons. The topological polar surface area (TPSA) is 92.7 Å². The Hall–Kier alpha value is -4.90. The molecule has 3 aromatic carbocycles. The minimum atomic E-state index is 0.373. The Labute approximate surface area is 264 Å². The van der Waals surface area contributed by atoms with Gasteiger partial charge in [-0.3, -0.25) is 0 Å². The molecule has 0 amide bonds. The number of benzene rings is 3. The van der Waals surface area contributed by atoms with E-state index in [2.05, 4.69) is 27.1 Å². The van der Waals surface area contributed by atoms with Gasteiger partial charge >= 0.3 is 0 Å². The van der Waals surface area contributed by atoms with Crippen molar-refractivity contribution in [2.75, 3.05) is 45.9 Å². The van der Waals surface area contributed by atoms with Crippen LogP contribution in [0.4, 0.5) is 5.69 Å². The van der Waals surface area contributed by atoms with Crippen molar-refractivity contribution in [1.29, 1.82) is 0 Å². The van der Waals surface area contributed by atoms with Crippen LogP contribution in [0.1, 0.15) is 18.4 Å². The second-order valence-corrected chi connectivity index (χ2v) is 11.9. The molecule has 6 aromatic rings. The highest BCUT2D eigenvalue weighted by atomic mass is 32.1. The summed E-state index contributed by atoms with van der Waals surface area (Å²) in [5.41, 5.74) is 3.66. The third-order valence-corrected chi connectivity index (χ3v) is 8.90. The Morgan fingerprint density at radius 1 is 0.889 bits per heavy atom. The zero-order valence-electron chi connectivity index (χ0n) is 25.4. The fourth-order valence-electron chi connectivity index (χ4n) is 5.61. The largest absolute Gasteiger partial charge is 0.497 e. The van der Waals surface area contributed by atoms with Crippen molar-refractivity contribution in [3.05, 3.63) is 78.5 Å². The Morgan fingerprint density at radius 2 is 1.69 bits per heavy atom. The summed E-state index contributed by atoms with van der Waals surface area (Å²) in [4.78, 5) is 7.82. The van der Waals surface area contributed by atoms with Crippen LogP contribution >= 0.6 is 11.3 Å². The minimum Gasteiger partial charge on any atom is -0.497 e. The molecule has 0 saturated carbocycles. The molecule has 0 N–H and O–H groups in total. The van der Waals surface area contributed by atoms with Gasteiger partial charge in [0.15, 0.2) is 5.76 Å². The van der Waals surface area contributed by atoms with Crippen molar-refractivity contribution in [3.63, 3.8) is 0 Å². The predicted octanol–water partition coefficient (Wildman–Crippen LogP) is 7.10. The molecule has 1 atom stereocenters. The molecule has 45 heavy (non-hydrogen) atoms. The van der Waals surface area contributed by atoms with Gasteiger partial charge in [-0.1, -0.05) is 12.1 Å². The fraction of sp³-hybridized carbons (Fsp3) is 0.294. The number of hydrogen-bond donors (Lipinski definition) is 0. The van der Waals surface area contributed by atoms with E-state index in [4.69, 9.17) is 28.1 Å². The summed E-state index contributed by atoms with van der Waals surface area (Å²) in [5, 5.41) is 5.80. The molecule has 0 radical (unpaired) electrons. The summed E-state index contributed by atoms with van der Waals surface area (Å²) < 4.78 is 36.4. The standard InChI is InChI=1S/C34H34N4O6S/c1-39-25-10-6-22(7-11-25)20-42-26-12-8-24(9-13-26)37-14-4-5-23(18-37)21-43-30-15-27(40-2)16-31-28(30)17-32(44-31)29-19-38-33(35-29)45-34(36-38)41-3/h6-13,15-17,19,23H,4-5,14,18,20-21H2,1-3H3. The molecular formula is C34H34N4O6S. The quantitative estimate of drug-likeness (QED) is 0.149. The molecule has 1 unspecified atom stereocenters. The van der Waals surface area contributed by atoms with E-state index in [0.717, 1.165) is 59.1 Å². The maximum absolute atomic E-state index is 6.47. The van der Waals surface area contributed by atoms with Gasteiger partial charge in [-0.25, -0.2) is 9.50 Å². The lowest BCUT2D eigenvalue weighted by atomic mass is 9.98. The van der Waals surface area contributed by atoms with E-state index in [9.17, 15) is 0 Å². The van der Waals surface area contributed by atoms with Crippen LogP contribution in [-0.2, 0) is 6.61 Å². The molecule has 11 heteroatoms. The van der Waals surface area contributed by atoms with E-state index in [0.29, 0.717) is 47.1 Å². The summed E-state index contributed by atoms with van der Waals surface area (Å²) in [6, 6.07) is 22.0. The smallest absolute Gasteiger partial charge is 0.294 e. The third-order valence-electron chi connectivity index (χ3n) is 8.02. The van der Waals surface area contributed by atoms with E-state index in [1.807, 2.05) is 60.8 Å². The molecule has 10 nitrogen and oxygen atoms in total. The maximum atomic E-state index is 6.47. The number of piperidine rings is 1. The number of hydrogen-bond acceptors (Lipinski definition) is 10. The van der Waals surface area contributed by atoms with Crippen LogP contribution in [0.25, 0.3) is 27.4 Å². The molecule has 0 bridgehead atoms. The summed E-state index contributed by atoms with van der Waals surface area (Å²) >= 11 is 1.37. The summed E-state index contributed by atoms with van der Waals surface area (Å²) in [7, 11) is 4.91. The number of rotatable bonds is 11. The van der Waals surface area contributed by atoms with Gasteiger partial charge in [-0.05, 0) is 72.2 Å². The average Bonchev–Trinajstić information content (AvgIpc) is 3.80. The Bertz CT molecular complexity index is 1860. The van der Waals surface area contributed by atoms with E-state index >= 15 is 0 Å². The van der Waals surface area contributed by atoms with Gasteiger partial charge in [0.1, 0.15) is 40.9 Å². The molecule has 7 rings (SSSR count). The second-order valence-electron chi connectivity index (χ2n) is 11.0. The van der Waals surface area contributed by atoms with Crippen LogP contribution in [-0.4, -0.2) is 55.6 Å². The first-order valence-electron chi connectivity index (χ1n) is 14.8. The van der Waals surface area contributed by atoms with Crippen molar-refractivity contribution in [2.45, 2.75) is 19.4 Å². The molecule has 3 aromatic heterocycles. The number of aromatic nitrogens is 3. The first-order chi connectivity index (χ1) is 22.1. The van der Waals surface area contributed by atoms with Crippen LogP contribution in [0.3, 0.4) is 0 Å². The van der Waals surface area contributed by atoms with Gasteiger partial charge in [-0.15, -0.1) is 5.10 Å². The van der Waals surface area contributed by atoms with E-state index in [1.54, 1.807) is 25.8 Å². The summed E-state index contributed by atoms with van der Waals surface area (Å²) in [6.07, 6.45) is 4.04. The number of ether oxygens (including phenoxy) is 5. The van der Waals surface area contributed by atoms with Crippen LogP contribution < -0.4 is 28.6 Å². The van der Waals surface area contributed by atoms with Gasteiger partial charge in [0.05, 0.1) is 39.5 Å². The highest BCUT2D eigenvalue weighted by molar-refractivity contribution is 7.18. The van der Waals surface area contributed by atoms with E-state index in [-0.39, 0.29) is 0 Å². The molecule has 1 aliphatic rings. The molecule has 4 heterocycles. The van der Waals surface area contributed by atoms with Gasteiger partial charge in [0.25, 0.3) is 5.19 Å². The van der Waals surface area contributed by atoms with Crippen molar-refractivity contribution in [3.8, 4) is 39.6 Å². The zero-order chi connectivity index (χ0) is 30.8. The summed E-state index contributed by atoms with van der Waals surface area (Å²) in [6.45, 7) is 3.03. The van der Waals surface area contributed by atoms with Crippen molar-refractivity contribution in [1.82, 2.24) is 14.6 Å². The highest BCUT2D eigenvalue weighted by Crippen LogP contribution is 2.38. The fourth-order valence-corrected chi connectivity index (χ4v) is 6.31. The zero-order valence-corrected chi connectivity index (χ0v) is 26.2. The van der Waals surface area contributed by atoms with Gasteiger partial charge in [-0.2, -0.15) is 0 Å². The predicted molar refractivity (Wildman–Crippen MR) is 173 cm³/mol. The molecule has 0 aliphatic carbocycles. The second kappa shape index (κ2) is 12.6. The lowest BCUT2D eigenvalue weighted by Gasteiger charge is -2.34. The number of anilines is 1. The van der Waals surface area contributed by atoms with Crippen LogP contribution in [0.5, 0.6) is 28.2 Å². The Morgan fingerprint density at radius 3 is 2.44 bits per heavy atom.